The fraction of sp³-hybridized carbons (Fsp3) is 0.0526. The summed E-state index contributed by atoms with van der Waals surface area (Å²) in [5.74, 6) is -0.433. The monoisotopic (exact) mass is 366 g/mol. The molecule has 128 valence electrons. The average molecular weight is 367 g/mol. The zero-order valence-electron chi connectivity index (χ0n) is 13.6. The van der Waals surface area contributed by atoms with Crippen LogP contribution in [-0.2, 0) is 0 Å². The summed E-state index contributed by atoms with van der Waals surface area (Å²) >= 11 is 6.08. The van der Waals surface area contributed by atoms with Gasteiger partial charge in [0.05, 0.1) is 5.69 Å². The van der Waals surface area contributed by atoms with Gasteiger partial charge in [-0.05, 0) is 31.2 Å². The Balaban J connectivity index is 2.12. The van der Waals surface area contributed by atoms with Gasteiger partial charge in [-0.1, -0.05) is 23.7 Å². The highest BCUT2D eigenvalue weighted by Gasteiger charge is 2.18. The first-order valence-corrected chi connectivity index (χ1v) is 8.19. The second-order valence-corrected chi connectivity index (χ2v) is 6.15. The molecule has 0 aliphatic carbocycles. The fourth-order valence-electron chi connectivity index (χ4n) is 2.79. The van der Waals surface area contributed by atoms with Crippen molar-refractivity contribution in [1.29, 1.82) is 0 Å². The first kappa shape index (κ1) is 16.4. The van der Waals surface area contributed by atoms with Gasteiger partial charge in [0.1, 0.15) is 16.7 Å². The fourth-order valence-corrected chi connectivity index (χ4v) is 3.04. The predicted molar refractivity (Wildman–Crippen MR) is 98.5 cm³/mol. The smallest absolute Gasteiger partial charge is 0.209 e. The minimum atomic E-state index is -0.433. The third-order valence-corrected chi connectivity index (χ3v) is 4.10. The lowest BCUT2D eigenvalue weighted by Gasteiger charge is -2.11. The maximum absolute atomic E-state index is 14.4. The Kier molecular flexibility index (Phi) is 3.97. The molecule has 7 heteroatoms. The molecule has 0 aliphatic heterocycles. The van der Waals surface area contributed by atoms with Crippen molar-refractivity contribution in [2.45, 2.75) is 6.92 Å². The second-order valence-electron chi connectivity index (χ2n) is 5.76. The second kappa shape index (κ2) is 6.31. The van der Waals surface area contributed by atoms with E-state index in [9.17, 15) is 9.18 Å². The van der Waals surface area contributed by atoms with Crippen LogP contribution in [0.3, 0.4) is 0 Å². The number of hydrogen-bond acceptors (Lipinski definition) is 4. The van der Waals surface area contributed by atoms with Crippen molar-refractivity contribution in [2.75, 3.05) is 0 Å². The number of nitrogens with one attached hydrogen (secondary N) is 1. The topological polar surface area (TPSA) is 71.5 Å². The average Bonchev–Trinajstić information content (AvgIpc) is 2.61. The van der Waals surface area contributed by atoms with E-state index in [-0.39, 0.29) is 27.3 Å². The molecule has 0 spiro atoms. The molecular weight excluding hydrogens is 355 g/mol. The highest BCUT2D eigenvalue weighted by atomic mass is 35.5. The van der Waals surface area contributed by atoms with Gasteiger partial charge in [-0.15, -0.1) is 0 Å². The van der Waals surface area contributed by atoms with Crippen LogP contribution in [0.25, 0.3) is 33.7 Å². The number of halogens is 2. The van der Waals surface area contributed by atoms with Crippen LogP contribution in [-0.4, -0.2) is 19.9 Å². The van der Waals surface area contributed by atoms with Crippen molar-refractivity contribution in [1.82, 2.24) is 19.9 Å². The maximum atomic E-state index is 14.4. The number of benzene rings is 1. The Morgan fingerprint density at radius 2 is 1.85 bits per heavy atom. The Labute approximate surface area is 152 Å². The van der Waals surface area contributed by atoms with Gasteiger partial charge in [0.15, 0.2) is 11.2 Å². The number of hydrogen-bond donors (Lipinski definition) is 1. The van der Waals surface area contributed by atoms with Crippen molar-refractivity contribution >= 4 is 22.8 Å². The van der Waals surface area contributed by atoms with Crippen LogP contribution in [0.2, 0.25) is 5.15 Å². The van der Waals surface area contributed by atoms with Crippen LogP contribution in [0, 0.1) is 12.7 Å². The summed E-state index contributed by atoms with van der Waals surface area (Å²) in [5, 5.41) is 0.281. The predicted octanol–water partition coefficient (Wildman–Crippen LogP) is 4.15. The lowest BCUT2D eigenvalue weighted by molar-refractivity contribution is 0.631. The molecule has 3 heterocycles. The number of aromatic amines is 1. The van der Waals surface area contributed by atoms with E-state index >= 15 is 0 Å². The Hall–Kier alpha value is -3.12. The molecule has 0 fully saturated rings. The van der Waals surface area contributed by atoms with Crippen molar-refractivity contribution < 1.29 is 4.39 Å². The molecule has 4 rings (SSSR count). The molecule has 4 aromatic rings. The maximum Gasteiger partial charge on any atom is 0.209 e. The summed E-state index contributed by atoms with van der Waals surface area (Å²) < 4.78 is 14.4. The molecule has 0 aliphatic rings. The number of nitrogens with zero attached hydrogens (tertiary/aromatic N) is 3. The minimum Gasteiger partial charge on any atom is -0.345 e. The molecular formula is C19H12ClFN4O. The molecule has 0 unspecified atom stereocenters. The normalized spacial score (nSPS) is 11.0. The van der Waals surface area contributed by atoms with Crippen molar-refractivity contribution in [2.24, 2.45) is 0 Å². The van der Waals surface area contributed by atoms with Crippen LogP contribution >= 0.6 is 11.6 Å². The van der Waals surface area contributed by atoms with Gasteiger partial charge < -0.3 is 4.98 Å². The number of rotatable bonds is 2. The molecule has 5 nitrogen and oxygen atoms in total. The van der Waals surface area contributed by atoms with Crippen LogP contribution < -0.4 is 5.43 Å². The van der Waals surface area contributed by atoms with E-state index < -0.39 is 5.82 Å². The molecule has 1 aromatic carbocycles. The number of fused-ring (bicyclic) bond motifs is 1. The molecule has 0 bridgehead atoms. The molecule has 26 heavy (non-hydrogen) atoms. The summed E-state index contributed by atoms with van der Waals surface area (Å²) in [4.78, 5) is 28.2. The minimum absolute atomic E-state index is 0.174. The first-order chi connectivity index (χ1) is 12.5. The van der Waals surface area contributed by atoms with Gasteiger partial charge in [-0.25, -0.2) is 19.3 Å². The molecule has 1 N–H and O–H groups in total. The lowest BCUT2D eigenvalue weighted by atomic mass is 10.0. The molecule has 0 atom stereocenters. The molecule has 0 saturated heterocycles. The summed E-state index contributed by atoms with van der Waals surface area (Å²) in [6.45, 7) is 1.79. The quantitative estimate of drug-likeness (QED) is 0.541. The van der Waals surface area contributed by atoms with E-state index in [4.69, 9.17) is 11.6 Å². The zero-order chi connectivity index (χ0) is 18.3. The van der Waals surface area contributed by atoms with E-state index in [0.717, 1.165) is 0 Å². The number of H-pyrrole nitrogens is 1. The Bertz CT molecular complexity index is 1190. The molecule has 3 aromatic heterocycles. The summed E-state index contributed by atoms with van der Waals surface area (Å²) in [6, 6.07) is 11.0. The third-order valence-electron chi connectivity index (χ3n) is 3.91. The summed E-state index contributed by atoms with van der Waals surface area (Å²) in [5.41, 5.74) is 2.45. The number of aryl methyl sites for hydroxylation is 1. The number of pyridine rings is 2. The van der Waals surface area contributed by atoms with Crippen LogP contribution in [0.4, 0.5) is 4.39 Å². The SMILES string of the molecule is Cc1cc(-c2nc3c(=O)cc[nH]c3nc2-c2ccccc2F)cc(Cl)n1. The largest absolute Gasteiger partial charge is 0.345 e. The van der Waals surface area contributed by atoms with E-state index in [1.165, 1.54) is 18.3 Å². The first-order valence-electron chi connectivity index (χ1n) is 7.82. The highest BCUT2D eigenvalue weighted by molar-refractivity contribution is 6.29. The van der Waals surface area contributed by atoms with Crippen molar-refractivity contribution in [3.63, 3.8) is 0 Å². The third kappa shape index (κ3) is 2.84. The van der Waals surface area contributed by atoms with Crippen molar-refractivity contribution in [3.8, 4) is 22.5 Å². The number of aromatic nitrogens is 4. The van der Waals surface area contributed by atoms with Crippen LogP contribution in [0.5, 0.6) is 0 Å². The van der Waals surface area contributed by atoms with E-state index in [1.54, 1.807) is 37.3 Å². The van der Waals surface area contributed by atoms with E-state index in [1.807, 2.05) is 0 Å². The van der Waals surface area contributed by atoms with Gasteiger partial charge in [0.2, 0.25) is 5.43 Å². The van der Waals surface area contributed by atoms with Crippen LogP contribution in [0.15, 0.2) is 53.5 Å². The van der Waals surface area contributed by atoms with Crippen LogP contribution in [0.1, 0.15) is 5.69 Å². The molecule has 0 saturated carbocycles. The zero-order valence-corrected chi connectivity index (χ0v) is 14.4. The van der Waals surface area contributed by atoms with Gasteiger partial charge in [-0.3, -0.25) is 4.79 Å². The molecule has 0 amide bonds. The van der Waals surface area contributed by atoms with Gasteiger partial charge in [0.25, 0.3) is 0 Å². The standard InChI is InChI=1S/C19H12ClFN4O/c1-10-8-11(9-15(20)23-10)16-17(12-4-2-3-5-13(12)21)25-19-18(24-16)14(26)6-7-22-19/h2-9H,1H3,(H,22,25,26). The Morgan fingerprint density at radius 1 is 1.04 bits per heavy atom. The summed E-state index contributed by atoms with van der Waals surface area (Å²) in [7, 11) is 0. The molecule has 0 radical (unpaired) electrons. The van der Waals surface area contributed by atoms with Gasteiger partial charge in [-0.2, -0.15) is 0 Å². The summed E-state index contributed by atoms with van der Waals surface area (Å²) in [6.07, 6.45) is 1.48. The van der Waals surface area contributed by atoms with E-state index in [0.29, 0.717) is 22.6 Å². The van der Waals surface area contributed by atoms with Crippen molar-refractivity contribution in [3.05, 3.63) is 75.5 Å². The van der Waals surface area contributed by atoms with Gasteiger partial charge >= 0.3 is 0 Å². The lowest BCUT2D eigenvalue weighted by Crippen LogP contribution is -2.07. The van der Waals surface area contributed by atoms with E-state index in [2.05, 4.69) is 19.9 Å². The Morgan fingerprint density at radius 3 is 2.62 bits per heavy atom. The van der Waals surface area contributed by atoms with Gasteiger partial charge in [0, 0.05) is 29.1 Å². The highest BCUT2D eigenvalue weighted by Crippen LogP contribution is 2.32.